The lowest BCUT2D eigenvalue weighted by Crippen LogP contribution is -2.28. The standard InChI is InChI=1S/C11H14N6OS/c1-16(9-5-3-8(12)4-6-9)10(18)7-19-11-13-14-15-17(11)2/h3-6H,7,12H2,1-2H3. The van der Waals surface area contributed by atoms with Crippen LogP contribution in [0.4, 0.5) is 11.4 Å². The molecule has 0 radical (unpaired) electrons. The van der Waals surface area contributed by atoms with Gasteiger partial charge in [-0.15, -0.1) is 5.10 Å². The molecular formula is C11H14N6OS. The number of thioether (sulfide) groups is 1. The van der Waals surface area contributed by atoms with Gasteiger partial charge < -0.3 is 10.6 Å². The van der Waals surface area contributed by atoms with Crippen LogP contribution >= 0.6 is 11.8 Å². The SMILES string of the molecule is CN(C(=O)CSc1nnnn1C)c1ccc(N)cc1. The number of nitrogen functional groups attached to an aromatic ring is 1. The number of carbonyl (C=O) groups excluding carboxylic acids is 1. The molecule has 0 atom stereocenters. The number of aromatic nitrogens is 4. The molecule has 2 aromatic rings. The molecule has 0 aliphatic carbocycles. The van der Waals surface area contributed by atoms with E-state index in [9.17, 15) is 4.79 Å². The van der Waals surface area contributed by atoms with E-state index in [1.165, 1.54) is 16.4 Å². The van der Waals surface area contributed by atoms with Crippen molar-refractivity contribution in [3.8, 4) is 0 Å². The minimum atomic E-state index is -0.0298. The molecule has 0 fully saturated rings. The molecule has 1 aromatic heterocycles. The molecule has 1 aromatic carbocycles. The van der Waals surface area contributed by atoms with Crippen LogP contribution in [0, 0.1) is 0 Å². The van der Waals surface area contributed by atoms with Crippen LogP contribution in [0.2, 0.25) is 0 Å². The lowest BCUT2D eigenvalue weighted by Gasteiger charge is -2.16. The maximum Gasteiger partial charge on any atom is 0.237 e. The summed E-state index contributed by atoms with van der Waals surface area (Å²) in [6, 6.07) is 7.14. The van der Waals surface area contributed by atoms with Crippen LogP contribution in [-0.4, -0.2) is 38.9 Å². The zero-order valence-electron chi connectivity index (χ0n) is 10.6. The molecule has 0 aliphatic rings. The molecule has 7 nitrogen and oxygen atoms in total. The highest BCUT2D eigenvalue weighted by atomic mass is 32.2. The van der Waals surface area contributed by atoms with Crippen molar-refractivity contribution in [2.24, 2.45) is 7.05 Å². The Balaban J connectivity index is 1.96. The molecular weight excluding hydrogens is 264 g/mol. The molecule has 2 rings (SSSR count). The maximum atomic E-state index is 12.0. The van der Waals surface area contributed by atoms with Crippen LogP contribution in [0.1, 0.15) is 0 Å². The second-order valence-electron chi connectivity index (χ2n) is 3.92. The molecule has 0 aliphatic heterocycles. The third-order valence-electron chi connectivity index (χ3n) is 2.56. The second kappa shape index (κ2) is 5.70. The first kappa shape index (κ1) is 13.3. The summed E-state index contributed by atoms with van der Waals surface area (Å²) in [5, 5.41) is 11.6. The molecule has 0 unspecified atom stereocenters. The summed E-state index contributed by atoms with van der Waals surface area (Å²) >= 11 is 1.30. The summed E-state index contributed by atoms with van der Waals surface area (Å²) in [6.45, 7) is 0. The Hall–Kier alpha value is -2.09. The highest BCUT2D eigenvalue weighted by Crippen LogP contribution is 2.18. The number of hydrogen-bond acceptors (Lipinski definition) is 6. The highest BCUT2D eigenvalue weighted by molar-refractivity contribution is 7.99. The lowest BCUT2D eigenvalue weighted by molar-refractivity contribution is -0.115. The predicted molar refractivity (Wildman–Crippen MR) is 73.8 cm³/mol. The Bertz CT molecular complexity index is 567. The number of carbonyl (C=O) groups is 1. The van der Waals surface area contributed by atoms with Gasteiger partial charge in [-0.25, -0.2) is 4.68 Å². The molecule has 0 bridgehead atoms. The van der Waals surface area contributed by atoms with E-state index in [4.69, 9.17) is 5.73 Å². The monoisotopic (exact) mass is 278 g/mol. The normalized spacial score (nSPS) is 10.4. The number of tetrazole rings is 1. The van der Waals surface area contributed by atoms with E-state index in [0.29, 0.717) is 10.8 Å². The van der Waals surface area contributed by atoms with Crippen LogP contribution in [0.3, 0.4) is 0 Å². The van der Waals surface area contributed by atoms with E-state index in [1.54, 1.807) is 31.1 Å². The lowest BCUT2D eigenvalue weighted by atomic mass is 10.2. The molecule has 0 spiro atoms. The van der Waals surface area contributed by atoms with Crippen LogP contribution in [-0.2, 0) is 11.8 Å². The van der Waals surface area contributed by atoms with Crippen molar-refractivity contribution in [3.05, 3.63) is 24.3 Å². The largest absolute Gasteiger partial charge is 0.399 e. The number of rotatable bonds is 4. The van der Waals surface area contributed by atoms with Crippen LogP contribution in [0.25, 0.3) is 0 Å². The van der Waals surface area contributed by atoms with Crippen LogP contribution < -0.4 is 10.6 Å². The summed E-state index contributed by atoms with van der Waals surface area (Å²) in [7, 11) is 3.46. The Labute approximate surface area is 114 Å². The summed E-state index contributed by atoms with van der Waals surface area (Å²) in [4.78, 5) is 13.6. The highest BCUT2D eigenvalue weighted by Gasteiger charge is 2.13. The fourth-order valence-electron chi connectivity index (χ4n) is 1.41. The molecule has 8 heteroatoms. The zero-order valence-corrected chi connectivity index (χ0v) is 11.5. The average molecular weight is 278 g/mol. The molecule has 1 amide bonds. The number of benzene rings is 1. The molecule has 19 heavy (non-hydrogen) atoms. The van der Waals surface area contributed by atoms with E-state index < -0.39 is 0 Å². The Morgan fingerprint density at radius 2 is 2.11 bits per heavy atom. The third-order valence-corrected chi connectivity index (χ3v) is 3.56. The minimum absolute atomic E-state index is 0.0298. The molecule has 100 valence electrons. The van der Waals surface area contributed by atoms with Gasteiger partial charge in [0.05, 0.1) is 5.75 Å². The number of nitrogens with two attached hydrogens (primary N) is 1. The topological polar surface area (TPSA) is 89.9 Å². The number of hydrogen-bond donors (Lipinski definition) is 1. The van der Waals surface area contributed by atoms with E-state index in [1.807, 2.05) is 12.1 Å². The number of anilines is 2. The molecule has 2 N–H and O–H groups in total. The Morgan fingerprint density at radius 1 is 1.42 bits per heavy atom. The van der Waals surface area contributed by atoms with Crippen LogP contribution in [0.5, 0.6) is 0 Å². The molecule has 1 heterocycles. The predicted octanol–water partition coefficient (Wildman–Crippen LogP) is 0.547. The number of amides is 1. The molecule has 0 saturated heterocycles. The fraction of sp³-hybridized carbons (Fsp3) is 0.273. The first-order chi connectivity index (χ1) is 9.08. The minimum Gasteiger partial charge on any atom is -0.399 e. The average Bonchev–Trinajstić information content (AvgIpc) is 2.81. The van der Waals surface area contributed by atoms with E-state index in [0.717, 1.165) is 5.69 Å². The smallest absolute Gasteiger partial charge is 0.237 e. The van der Waals surface area contributed by atoms with E-state index in [-0.39, 0.29) is 11.7 Å². The van der Waals surface area contributed by atoms with E-state index >= 15 is 0 Å². The second-order valence-corrected chi connectivity index (χ2v) is 4.86. The van der Waals surface area contributed by atoms with Crippen molar-refractivity contribution < 1.29 is 4.79 Å². The summed E-state index contributed by atoms with van der Waals surface area (Å²) in [5.41, 5.74) is 7.08. The maximum absolute atomic E-state index is 12.0. The summed E-state index contributed by atoms with van der Waals surface area (Å²) in [5.74, 6) is 0.243. The number of nitrogens with zero attached hydrogens (tertiary/aromatic N) is 5. The third kappa shape index (κ3) is 3.22. The van der Waals surface area contributed by atoms with Gasteiger partial charge in [-0.3, -0.25) is 4.79 Å². The quantitative estimate of drug-likeness (QED) is 0.649. The molecule has 0 saturated carbocycles. The zero-order chi connectivity index (χ0) is 13.8. The summed E-state index contributed by atoms with van der Waals surface area (Å²) < 4.78 is 1.53. The van der Waals surface area contributed by atoms with Crippen LogP contribution in [0.15, 0.2) is 29.4 Å². The van der Waals surface area contributed by atoms with Crippen molar-refractivity contribution >= 4 is 29.0 Å². The van der Waals surface area contributed by atoms with Gasteiger partial charge in [0.2, 0.25) is 11.1 Å². The van der Waals surface area contributed by atoms with Gasteiger partial charge in [0.1, 0.15) is 0 Å². The Morgan fingerprint density at radius 3 is 2.68 bits per heavy atom. The van der Waals surface area contributed by atoms with Gasteiger partial charge in [0, 0.05) is 25.5 Å². The van der Waals surface area contributed by atoms with E-state index in [2.05, 4.69) is 15.5 Å². The van der Waals surface area contributed by atoms with Gasteiger partial charge in [-0.2, -0.15) is 0 Å². The van der Waals surface area contributed by atoms with Crippen molar-refractivity contribution in [2.75, 3.05) is 23.4 Å². The Kier molecular flexibility index (Phi) is 4.00. The van der Waals surface area contributed by atoms with Gasteiger partial charge in [-0.1, -0.05) is 11.8 Å². The van der Waals surface area contributed by atoms with Gasteiger partial charge in [0.15, 0.2) is 0 Å². The first-order valence-electron chi connectivity index (χ1n) is 5.55. The van der Waals surface area contributed by atoms with Gasteiger partial charge in [-0.05, 0) is 34.7 Å². The summed E-state index contributed by atoms with van der Waals surface area (Å²) in [6.07, 6.45) is 0. The van der Waals surface area contributed by atoms with Gasteiger partial charge in [0.25, 0.3) is 0 Å². The number of aryl methyl sites for hydroxylation is 1. The van der Waals surface area contributed by atoms with Gasteiger partial charge >= 0.3 is 0 Å². The van der Waals surface area contributed by atoms with Crippen molar-refractivity contribution in [2.45, 2.75) is 5.16 Å². The van der Waals surface area contributed by atoms with Crippen molar-refractivity contribution in [1.82, 2.24) is 20.2 Å². The van der Waals surface area contributed by atoms with Crippen molar-refractivity contribution in [3.63, 3.8) is 0 Å². The van der Waals surface area contributed by atoms with Crippen molar-refractivity contribution in [1.29, 1.82) is 0 Å². The first-order valence-corrected chi connectivity index (χ1v) is 6.53. The fourth-order valence-corrected chi connectivity index (χ4v) is 2.17.